The van der Waals surface area contributed by atoms with Gasteiger partial charge in [0.2, 0.25) is 0 Å². The second-order valence-corrected chi connectivity index (χ2v) is 5.42. The van der Waals surface area contributed by atoms with E-state index in [0.717, 1.165) is 57.9 Å². The van der Waals surface area contributed by atoms with Crippen molar-refractivity contribution in [3.8, 4) is 0 Å². The van der Waals surface area contributed by atoms with E-state index in [1.807, 2.05) is 6.08 Å². The molecule has 0 saturated carbocycles. The average Bonchev–Trinajstić information content (AvgIpc) is 2.41. The molecule has 0 fully saturated rings. The van der Waals surface area contributed by atoms with E-state index in [9.17, 15) is 0 Å². The summed E-state index contributed by atoms with van der Waals surface area (Å²) in [7, 11) is 2.19. The number of hydrogen-bond donors (Lipinski definition) is 1. The number of rotatable bonds is 1. The number of hydrogen-bond acceptors (Lipinski definition) is 4. The Balaban J connectivity index is 2.17. The Hall–Kier alpha value is -1.19. The van der Waals surface area contributed by atoms with Crippen LogP contribution in [0.15, 0.2) is 34.6 Å². The first-order valence-electron chi connectivity index (χ1n) is 7.56. The Kier molecular flexibility index (Phi) is 6.22. The Morgan fingerprint density at radius 1 is 1.35 bits per heavy atom. The van der Waals surface area contributed by atoms with Gasteiger partial charge in [-0.3, -0.25) is 9.89 Å². The predicted molar refractivity (Wildman–Crippen MR) is 85.3 cm³/mol. The third-order valence-corrected chi connectivity index (χ3v) is 3.75. The zero-order valence-corrected chi connectivity index (χ0v) is 12.7. The maximum absolute atomic E-state index is 4.81. The van der Waals surface area contributed by atoms with Crippen LogP contribution in [0.4, 0.5) is 0 Å². The molecule has 0 aromatic heterocycles. The summed E-state index contributed by atoms with van der Waals surface area (Å²) in [5, 5.41) is 3.49. The van der Waals surface area contributed by atoms with E-state index >= 15 is 0 Å². The van der Waals surface area contributed by atoms with Gasteiger partial charge in [-0.05, 0) is 19.7 Å². The van der Waals surface area contributed by atoms with Crippen LogP contribution in [0.3, 0.4) is 0 Å². The summed E-state index contributed by atoms with van der Waals surface area (Å²) in [6.07, 6.45) is 7.13. The van der Waals surface area contributed by atoms with Gasteiger partial charge in [0.1, 0.15) is 0 Å². The summed E-state index contributed by atoms with van der Waals surface area (Å²) < 4.78 is 0. The van der Waals surface area contributed by atoms with Gasteiger partial charge >= 0.3 is 0 Å². The molecule has 4 heteroatoms. The minimum atomic E-state index is 0.871. The van der Waals surface area contributed by atoms with E-state index in [0.29, 0.717) is 0 Å². The Bertz CT molecular complexity index is 430. The molecule has 2 aliphatic rings. The Labute approximate surface area is 122 Å². The summed E-state index contributed by atoms with van der Waals surface area (Å²) >= 11 is 0. The largest absolute Gasteiger partial charge is 0.310 e. The van der Waals surface area contributed by atoms with Gasteiger partial charge in [0.05, 0.1) is 5.70 Å². The van der Waals surface area contributed by atoms with Crippen LogP contribution in [-0.4, -0.2) is 68.4 Å². The highest BCUT2D eigenvalue weighted by Gasteiger charge is 2.10. The van der Waals surface area contributed by atoms with Crippen molar-refractivity contribution >= 4 is 5.71 Å². The number of fused-ring (bicyclic) bond motifs is 1. The highest BCUT2D eigenvalue weighted by atomic mass is 15.2. The van der Waals surface area contributed by atoms with Crippen LogP contribution in [0.25, 0.3) is 0 Å². The quantitative estimate of drug-likeness (QED) is 0.731. The summed E-state index contributed by atoms with van der Waals surface area (Å²) in [6.45, 7) is 9.31. The van der Waals surface area contributed by atoms with Gasteiger partial charge in [0, 0.05) is 51.4 Å². The number of nitrogens with one attached hydrogen (secondary N) is 1. The van der Waals surface area contributed by atoms with Gasteiger partial charge in [-0.15, -0.1) is 0 Å². The van der Waals surface area contributed by atoms with Crippen LogP contribution < -0.4 is 5.32 Å². The number of nitrogens with zero attached hydrogens (tertiary/aromatic N) is 3. The fraction of sp³-hybridized carbons (Fsp3) is 0.625. The van der Waals surface area contributed by atoms with E-state index < -0.39 is 0 Å². The molecular formula is C16H26N4. The molecule has 0 unspecified atom stereocenters. The van der Waals surface area contributed by atoms with E-state index in [2.05, 4.69) is 47.0 Å². The molecule has 0 amide bonds. The molecule has 2 heterocycles. The van der Waals surface area contributed by atoms with Crippen LogP contribution in [0.1, 0.15) is 13.3 Å². The predicted octanol–water partition coefficient (Wildman–Crippen LogP) is 1.28. The smallest absolute Gasteiger partial charge is 0.0961 e. The van der Waals surface area contributed by atoms with Crippen LogP contribution >= 0.6 is 0 Å². The standard InChI is InChI=1S/C16H26N4/c1-3-20-12-11-19(2)10-9-17-13-15-7-5-4-6-8-16(14-20)18-15/h4-6,17H,3,7,9-14H2,1-2H3/b5-4-,18-15?. The van der Waals surface area contributed by atoms with Gasteiger partial charge in [0.25, 0.3) is 0 Å². The normalized spacial score (nSPS) is 24.7. The molecule has 0 aromatic rings. The molecule has 0 aliphatic carbocycles. The molecule has 0 radical (unpaired) electrons. The molecule has 4 nitrogen and oxygen atoms in total. The molecule has 2 rings (SSSR count). The first kappa shape index (κ1) is 15.2. The molecule has 0 atom stereocenters. The average molecular weight is 274 g/mol. The van der Waals surface area contributed by atoms with Crippen molar-refractivity contribution in [2.24, 2.45) is 4.99 Å². The molecule has 1 N–H and O–H groups in total. The van der Waals surface area contributed by atoms with Crippen LogP contribution in [0.5, 0.6) is 0 Å². The lowest BCUT2D eigenvalue weighted by Gasteiger charge is -2.25. The van der Waals surface area contributed by atoms with Crippen molar-refractivity contribution in [3.05, 3.63) is 29.7 Å². The SMILES string of the molecule is CCN1CCN(C)CCNCC2=NC(=C=C/C=C\C2)C1. The van der Waals surface area contributed by atoms with Crippen molar-refractivity contribution < 1.29 is 0 Å². The van der Waals surface area contributed by atoms with Crippen LogP contribution in [0.2, 0.25) is 0 Å². The van der Waals surface area contributed by atoms with Crippen molar-refractivity contribution in [1.29, 1.82) is 0 Å². The van der Waals surface area contributed by atoms with Crippen molar-refractivity contribution in [2.45, 2.75) is 13.3 Å². The van der Waals surface area contributed by atoms with Crippen molar-refractivity contribution in [2.75, 3.05) is 52.9 Å². The zero-order valence-electron chi connectivity index (χ0n) is 12.7. The summed E-state index contributed by atoms with van der Waals surface area (Å²) in [5.41, 5.74) is 5.57. The molecule has 20 heavy (non-hydrogen) atoms. The van der Waals surface area contributed by atoms with Crippen LogP contribution in [0, 0.1) is 0 Å². The van der Waals surface area contributed by atoms with Gasteiger partial charge in [0.15, 0.2) is 0 Å². The van der Waals surface area contributed by atoms with Crippen molar-refractivity contribution in [3.63, 3.8) is 0 Å². The summed E-state index contributed by atoms with van der Waals surface area (Å²) in [5.74, 6) is 0. The fourth-order valence-corrected chi connectivity index (χ4v) is 2.37. The van der Waals surface area contributed by atoms with E-state index in [1.54, 1.807) is 0 Å². The van der Waals surface area contributed by atoms with Gasteiger partial charge < -0.3 is 10.2 Å². The summed E-state index contributed by atoms with van der Waals surface area (Å²) in [6, 6.07) is 0. The highest BCUT2D eigenvalue weighted by Crippen LogP contribution is 2.06. The lowest BCUT2D eigenvalue weighted by Crippen LogP contribution is -2.38. The topological polar surface area (TPSA) is 30.9 Å². The molecule has 2 aliphatic heterocycles. The number of aliphatic imine (C=N–C) groups is 1. The molecule has 0 aromatic carbocycles. The van der Waals surface area contributed by atoms with Crippen molar-refractivity contribution in [1.82, 2.24) is 15.1 Å². The maximum Gasteiger partial charge on any atom is 0.0961 e. The molecule has 110 valence electrons. The first-order chi connectivity index (χ1) is 9.78. The first-order valence-corrected chi connectivity index (χ1v) is 7.56. The minimum absolute atomic E-state index is 0.871. The third kappa shape index (κ3) is 5.06. The van der Waals surface area contributed by atoms with E-state index in [1.165, 1.54) is 5.71 Å². The Morgan fingerprint density at radius 2 is 2.25 bits per heavy atom. The second-order valence-electron chi connectivity index (χ2n) is 5.42. The molecule has 2 bridgehead atoms. The maximum atomic E-state index is 4.81. The fourth-order valence-electron chi connectivity index (χ4n) is 2.37. The number of allylic oxidation sites excluding steroid dienone is 2. The monoisotopic (exact) mass is 274 g/mol. The van der Waals surface area contributed by atoms with Gasteiger partial charge in [-0.25, -0.2) is 0 Å². The van der Waals surface area contributed by atoms with Gasteiger partial charge in [-0.1, -0.05) is 24.8 Å². The summed E-state index contributed by atoms with van der Waals surface area (Å²) in [4.78, 5) is 9.63. The minimum Gasteiger partial charge on any atom is -0.310 e. The second kappa shape index (κ2) is 8.18. The number of likely N-dealkylation sites (N-methyl/N-ethyl adjacent to an activating group) is 2. The van der Waals surface area contributed by atoms with E-state index in [-0.39, 0.29) is 0 Å². The molecular weight excluding hydrogens is 248 g/mol. The van der Waals surface area contributed by atoms with Gasteiger partial charge in [-0.2, -0.15) is 0 Å². The highest BCUT2D eigenvalue weighted by molar-refractivity contribution is 5.88. The zero-order chi connectivity index (χ0) is 14.2. The lowest BCUT2D eigenvalue weighted by atomic mass is 10.2. The third-order valence-electron chi connectivity index (χ3n) is 3.75. The molecule has 0 saturated heterocycles. The van der Waals surface area contributed by atoms with E-state index in [4.69, 9.17) is 4.99 Å². The molecule has 0 spiro atoms. The lowest BCUT2D eigenvalue weighted by molar-refractivity contribution is 0.244. The van der Waals surface area contributed by atoms with Crippen LogP contribution in [-0.2, 0) is 0 Å². The Morgan fingerprint density at radius 3 is 3.10 bits per heavy atom.